The lowest BCUT2D eigenvalue weighted by Crippen LogP contribution is -1.98. The molecule has 19 heavy (non-hydrogen) atoms. The normalized spacial score (nSPS) is 10.8. The molecule has 0 fully saturated rings. The molecule has 0 aliphatic rings. The molecule has 0 saturated heterocycles. The monoisotopic (exact) mass is 272 g/mol. The van der Waals surface area contributed by atoms with E-state index in [1.807, 2.05) is 30.3 Å². The summed E-state index contributed by atoms with van der Waals surface area (Å²) in [7, 11) is 0. The van der Waals surface area contributed by atoms with Gasteiger partial charge in [0.2, 0.25) is 0 Å². The number of benzene rings is 2. The van der Waals surface area contributed by atoms with Gasteiger partial charge in [0.25, 0.3) is 0 Å². The molecule has 3 nitrogen and oxygen atoms in total. The zero-order chi connectivity index (χ0) is 13.4. The van der Waals surface area contributed by atoms with Gasteiger partial charge in [-0.05, 0) is 30.3 Å². The Labute approximate surface area is 114 Å². The van der Waals surface area contributed by atoms with Crippen LogP contribution in [-0.4, -0.2) is 11.1 Å². The fourth-order valence-corrected chi connectivity index (χ4v) is 2.19. The summed E-state index contributed by atoms with van der Waals surface area (Å²) in [5.74, 6) is -0.506. The molecular weight excluding hydrogens is 264 g/mol. The van der Waals surface area contributed by atoms with Crippen molar-refractivity contribution in [2.24, 2.45) is 0 Å². The van der Waals surface area contributed by atoms with Crippen LogP contribution >= 0.6 is 11.6 Å². The summed E-state index contributed by atoms with van der Waals surface area (Å²) in [6.45, 7) is 0. The molecule has 0 unspecified atom stereocenters. The van der Waals surface area contributed by atoms with E-state index in [1.54, 1.807) is 12.1 Å². The van der Waals surface area contributed by atoms with Gasteiger partial charge in [-0.3, -0.25) is 0 Å². The van der Waals surface area contributed by atoms with E-state index >= 15 is 0 Å². The number of rotatable bonds is 2. The average molecular weight is 273 g/mol. The van der Waals surface area contributed by atoms with E-state index in [-0.39, 0.29) is 5.56 Å². The molecule has 0 bridgehead atoms. The highest BCUT2D eigenvalue weighted by Gasteiger charge is 2.15. The van der Waals surface area contributed by atoms with Crippen molar-refractivity contribution in [1.29, 1.82) is 0 Å². The first kappa shape index (κ1) is 11.8. The van der Waals surface area contributed by atoms with Gasteiger partial charge >= 0.3 is 5.97 Å². The number of hydrogen-bond donors (Lipinski definition) is 1. The third kappa shape index (κ3) is 2.09. The second-order valence-electron chi connectivity index (χ2n) is 4.14. The van der Waals surface area contributed by atoms with Crippen molar-refractivity contribution in [3.63, 3.8) is 0 Å². The highest BCUT2D eigenvalue weighted by atomic mass is 35.5. The molecule has 0 radical (unpaired) electrons. The van der Waals surface area contributed by atoms with E-state index in [0.717, 1.165) is 11.0 Å². The van der Waals surface area contributed by atoms with Crippen molar-refractivity contribution in [2.75, 3.05) is 0 Å². The molecule has 4 heteroatoms. The zero-order valence-corrected chi connectivity index (χ0v) is 10.5. The molecule has 0 atom stereocenters. The van der Waals surface area contributed by atoms with Crippen molar-refractivity contribution in [3.05, 3.63) is 59.1 Å². The van der Waals surface area contributed by atoms with Crippen LogP contribution in [0.4, 0.5) is 0 Å². The number of fused-ring (bicyclic) bond motifs is 1. The highest BCUT2D eigenvalue weighted by molar-refractivity contribution is 6.31. The van der Waals surface area contributed by atoms with Crippen LogP contribution in [0.1, 0.15) is 10.4 Å². The van der Waals surface area contributed by atoms with Crippen LogP contribution in [0.5, 0.6) is 0 Å². The van der Waals surface area contributed by atoms with Crippen molar-refractivity contribution in [1.82, 2.24) is 0 Å². The number of carboxylic acid groups (broad SMARTS) is 1. The van der Waals surface area contributed by atoms with Gasteiger partial charge in [-0.15, -0.1) is 0 Å². The molecule has 2 aromatic carbocycles. The molecule has 0 spiro atoms. The molecule has 1 heterocycles. The summed E-state index contributed by atoms with van der Waals surface area (Å²) >= 11 is 5.83. The summed E-state index contributed by atoms with van der Waals surface area (Å²) in [5, 5.41) is 10.5. The number of furan rings is 1. The molecule has 3 rings (SSSR count). The second-order valence-corrected chi connectivity index (χ2v) is 4.58. The lowest BCUT2D eigenvalue weighted by atomic mass is 10.1. The van der Waals surface area contributed by atoms with E-state index in [0.29, 0.717) is 16.3 Å². The Kier molecular flexibility index (Phi) is 2.76. The smallest absolute Gasteiger partial charge is 0.336 e. The Bertz CT molecular complexity index is 741. The fraction of sp³-hybridized carbons (Fsp3) is 0. The molecule has 1 aromatic heterocycles. The molecule has 0 aliphatic heterocycles. The number of carbonyl (C=O) groups is 1. The van der Waals surface area contributed by atoms with Gasteiger partial charge in [0.15, 0.2) is 0 Å². The van der Waals surface area contributed by atoms with Crippen molar-refractivity contribution < 1.29 is 14.3 Å². The third-order valence-electron chi connectivity index (χ3n) is 2.90. The van der Waals surface area contributed by atoms with E-state index in [2.05, 4.69) is 0 Å². The Morgan fingerprint density at radius 2 is 1.89 bits per heavy atom. The number of hydrogen-bond acceptors (Lipinski definition) is 2. The van der Waals surface area contributed by atoms with E-state index < -0.39 is 5.97 Å². The maximum atomic E-state index is 11.3. The predicted molar refractivity (Wildman–Crippen MR) is 73.6 cm³/mol. The Morgan fingerprint density at radius 1 is 1.11 bits per heavy atom. The van der Waals surface area contributed by atoms with Gasteiger partial charge in [-0.2, -0.15) is 0 Å². The molecule has 0 aliphatic carbocycles. The lowest BCUT2D eigenvalue weighted by molar-refractivity contribution is 0.0697. The average Bonchev–Trinajstić information content (AvgIpc) is 2.82. The van der Waals surface area contributed by atoms with Gasteiger partial charge < -0.3 is 9.52 Å². The van der Waals surface area contributed by atoms with Gasteiger partial charge in [0.1, 0.15) is 11.3 Å². The zero-order valence-electron chi connectivity index (χ0n) is 9.76. The van der Waals surface area contributed by atoms with E-state index in [1.165, 1.54) is 6.07 Å². The first-order valence-corrected chi connectivity index (χ1v) is 6.05. The number of halogens is 1. The Morgan fingerprint density at radius 3 is 2.63 bits per heavy atom. The minimum atomic E-state index is -1.03. The number of carboxylic acids is 1. The van der Waals surface area contributed by atoms with Crippen LogP contribution in [0.2, 0.25) is 5.02 Å². The Hall–Kier alpha value is -2.26. The van der Waals surface area contributed by atoms with Gasteiger partial charge in [0, 0.05) is 16.0 Å². The summed E-state index contributed by atoms with van der Waals surface area (Å²) in [5.41, 5.74) is 1.38. The van der Waals surface area contributed by atoms with Crippen LogP contribution in [0.3, 0.4) is 0 Å². The first-order chi connectivity index (χ1) is 9.15. The highest BCUT2D eigenvalue weighted by Crippen LogP contribution is 2.31. The van der Waals surface area contributed by atoms with Crippen LogP contribution in [-0.2, 0) is 0 Å². The summed E-state index contributed by atoms with van der Waals surface area (Å²) in [6, 6.07) is 14.1. The number of para-hydroxylation sites is 1. The minimum absolute atomic E-state index is 0.131. The molecule has 94 valence electrons. The van der Waals surface area contributed by atoms with Crippen LogP contribution in [0.15, 0.2) is 52.9 Å². The standard InChI is InChI=1S/C15H9ClO3/c16-10-5-6-11(12(8-10)15(17)18)14-7-9-3-1-2-4-13(9)19-14/h1-8H,(H,17,18). The summed E-state index contributed by atoms with van der Waals surface area (Å²) in [6.07, 6.45) is 0. The van der Waals surface area contributed by atoms with Gasteiger partial charge in [-0.25, -0.2) is 4.79 Å². The molecule has 0 saturated carbocycles. The largest absolute Gasteiger partial charge is 0.478 e. The topological polar surface area (TPSA) is 50.4 Å². The fourth-order valence-electron chi connectivity index (χ4n) is 2.02. The second kappa shape index (κ2) is 4.44. The maximum Gasteiger partial charge on any atom is 0.336 e. The van der Waals surface area contributed by atoms with E-state index in [9.17, 15) is 9.90 Å². The van der Waals surface area contributed by atoms with Crippen molar-refractivity contribution in [2.45, 2.75) is 0 Å². The van der Waals surface area contributed by atoms with Crippen LogP contribution in [0, 0.1) is 0 Å². The molecule has 1 N–H and O–H groups in total. The SMILES string of the molecule is O=C(O)c1cc(Cl)ccc1-c1cc2ccccc2o1. The van der Waals surface area contributed by atoms with Crippen LogP contribution in [0.25, 0.3) is 22.3 Å². The summed E-state index contributed by atoms with van der Waals surface area (Å²) in [4.78, 5) is 11.3. The number of aromatic carboxylic acids is 1. The van der Waals surface area contributed by atoms with E-state index in [4.69, 9.17) is 16.0 Å². The molecular formula is C15H9ClO3. The van der Waals surface area contributed by atoms with Gasteiger partial charge in [0.05, 0.1) is 5.56 Å². The van der Waals surface area contributed by atoms with Gasteiger partial charge in [-0.1, -0.05) is 29.8 Å². The maximum absolute atomic E-state index is 11.3. The summed E-state index contributed by atoms with van der Waals surface area (Å²) < 4.78 is 5.68. The first-order valence-electron chi connectivity index (χ1n) is 5.67. The quantitative estimate of drug-likeness (QED) is 0.750. The van der Waals surface area contributed by atoms with Crippen molar-refractivity contribution >= 4 is 28.5 Å². The third-order valence-corrected chi connectivity index (χ3v) is 3.14. The molecule has 0 amide bonds. The molecule has 3 aromatic rings. The lowest BCUT2D eigenvalue weighted by Gasteiger charge is -2.03. The minimum Gasteiger partial charge on any atom is -0.478 e. The Balaban J connectivity index is 2.23. The van der Waals surface area contributed by atoms with Crippen molar-refractivity contribution in [3.8, 4) is 11.3 Å². The predicted octanol–water partition coefficient (Wildman–Crippen LogP) is 4.45. The van der Waals surface area contributed by atoms with Crippen LogP contribution < -0.4 is 0 Å².